The molecule has 0 aromatic heterocycles. The molecule has 2 fully saturated rings. The van der Waals surface area contributed by atoms with E-state index in [0.29, 0.717) is 63.5 Å². The molecule has 2 saturated heterocycles. The van der Waals surface area contributed by atoms with Crippen molar-refractivity contribution in [2.24, 2.45) is 0 Å². The molecule has 0 spiro atoms. The summed E-state index contributed by atoms with van der Waals surface area (Å²) in [4.78, 5) is 54.5. The van der Waals surface area contributed by atoms with Crippen LogP contribution in [0, 0.1) is 0 Å². The summed E-state index contributed by atoms with van der Waals surface area (Å²) in [7, 11) is 0. The molecule has 0 aliphatic carbocycles. The van der Waals surface area contributed by atoms with Gasteiger partial charge >= 0.3 is 0 Å². The SMILES string of the molecule is CC(=O)N1CCN(C(=O)c2cccc(C(=O)N3CCN(C=O)CC3)c2)CC1. The van der Waals surface area contributed by atoms with Crippen LogP contribution in [0.5, 0.6) is 0 Å². The number of benzene rings is 1. The predicted molar refractivity (Wildman–Crippen MR) is 98.1 cm³/mol. The van der Waals surface area contributed by atoms with Crippen molar-refractivity contribution in [2.75, 3.05) is 52.4 Å². The van der Waals surface area contributed by atoms with Gasteiger partial charge in [-0.05, 0) is 18.2 Å². The van der Waals surface area contributed by atoms with E-state index in [9.17, 15) is 19.2 Å². The second-order valence-corrected chi connectivity index (χ2v) is 6.81. The maximum Gasteiger partial charge on any atom is 0.253 e. The average Bonchev–Trinajstić information content (AvgIpc) is 2.73. The fourth-order valence-electron chi connectivity index (χ4n) is 3.41. The first-order chi connectivity index (χ1) is 13.0. The molecule has 1 aromatic rings. The van der Waals surface area contributed by atoms with Gasteiger partial charge in [0.2, 0.25) is 12.3 Å². The van der Waals surface area contributed by atoms with Crippen LogP contribution in [-0.2, 0) is 9.59 Å². The van der Waals surface area contributed by atoms with Crippen molar-refractivity contribution < 1.29 is 19.2 Å². The van der Waals surface area contributed by atoms with Gasteiger partial charge in [0.15, 0.2) is 0 Å². The van der Waals surface area contributed by atoms with Crippen LogP contribution in [0.2, 0.25) is 0 Å². The number of amides is 4. The van der Waals surface area contributed by atoms with Gasteiger partial charge in [0.25, 0.3) is 11.8 Å². The van der Waals surface area contributed by atoms with Crippen molar-refractivity contribution in [1.82, 2.24) is 19.6 Å². The van der Waals surface area contributed by atoms with Gasteiger partial charge in [-0.25, -0.2) is 0 Å². The Kier molecular flexibility index (Phi) is 5.73. The van der Waals surface area contributed by atoms with Crippen molar-refractivity contribution in [3.63, 3.8) is 0 Å². The third-order valence-corrected chi connectivity index (χ3v) is 5.12. The molecule has 0 bridgehead atoms. The first-order valence-corrected chi connectivity index (χ1v) is 9.13. The number of carbonyl (C=O) groups excluding carboxylic acids is 4. The second kappa shape index (κ2) is 8.20. The largest absolute Gasteiger partial charge is 0.342 e. The average molecular weight is 372 g/mol. The van der Waals surface area contributed by atoms with Gasteiger partial charge in [-0.15, -0.1) is 0 Å². The van der Waals surface area contributed by atoms with Crippen LogP contribution in [0.3, 0.4) is 0 Å². The lowest BCUT2D eigenvalue weighted by Gasteiger charge is -2.34. The van der Waals surface area contributed by atoms with Gasteiger partial charge < -0.3 is 19.6 Å². The lowest BCUT2D eigenvalue weighted by molar-refractivity contribution is -0.130. The molecule has 3 rings (SSSR count). The van der Waals surface area contributed by atoms with Crippen molar-refractivity contribution >= 4 is 24.1 Å². The lowest BCUT2D eigenvalue weighted by Crippen LogP contribution is -2.50. The Labute approximate surface area is 158 Å². The molecule has 0 atom stereocenters. The fourth-order valence-corrected chi connectivity index (χ4v) is 3.41. The number of hydrogen-bond donors (Lipinski definition) is 0. The Morgan fingerprint density at radius 1 is 0.778 bits per heavy atom. The zero-order valence-corrected chi connectivity index (χ0v) is 15.5. The molecule has 8 nitrogen and oxygen atoms in total. The predicted octanol–water partition coefficient (Wildman–Crippen LogP) is -0.0949. The highest BCUT2D eigenvalue weighted by atomic mass is 16.2. The van der Waals surface area contributed by atoms with E-state index in [-0.39, 0.29) is 17.7 Å². The molecule has 0 radical (unpaired) electrons. The normalized spacial score (nSPS) is 17.7. The van der Waals surface area contributed by atoms with Crippen molar-refractivity contribution in [3.05, 3.63) is 35.4 Å². The minimum atomic E-state index is -0.128. The second-order valence-electron chi connectivity index (χ2n) is 6.81. The minimum absolute atomic E-state index is 0.0179. The number of rotatable bonds is 3. The van der Waals surface area contributed by atoms with Crippen LogP contribution in [0.4, 0.5) is 0 Å². The Morgan fingerprint density at radius 2 is 1.22 bits per heavy atom. The maximum atomic E-state index is 12.8. The van der Waals surface area contributed by atoms with E-state index < -0.39 is 0 Å². The third kappa shape index (κ3) is 4.27. The molecular formula is C19H24N4O4. The first kappa shape index (κ1) is 18.9. The summed E-state index contributed by atoms with van der Waals surface area (Å²) in [6.45, 7) is 5.59. The number of carbonyl (C=O) groups is 4. The van der Waals surface area contributed by atoms with Crippen LogP contribution in [0.25, 0.3) is 0 Å². The maximum absolute atomic E-state index is 12.8. The topological polar surface area (TPSA) is 81.2 Å². The highest BCUT2D eigenvalue weighted by molar-refractivity contribution is 5.99. The van der Waals surface area contributed by atoms with Crippen molar-refractivity contribution in [3.8, 4) is 0 Å². The number of piperazine rings is 2. The molecular weight excluding hydrogens is 348 g/mol. The van der Waals surface area contributed by atoms with E-state index in [1.54, 1.807) is 43.9 Å². The molecule has 1 aromatic carbocycles. The van der Waals surface area contributed by atoms with E-state index in [0.717, 1.165) is 6.41 Å². The summed E-state index contributed by atoms with van der Waals surface area (Å²) in [5, 5.41) is 0. The highest BCUT2D eigenvalue weighted by Crippen LogP contribution is 2.14. The summed E-state index contributed by atoms with van der Waals surface area (Å²) in [5.74, 6) is -0.236. The summed E-state index contributed by atoms with van der Waals surface area (Å²) in [6.07, 6.45) is 0.799. The molecule has 4 amide bonds. The Bertz CT molecular complexity index is 735. The molecule has 144 valence electrons. The van der Waals surface area contributed by atoms with Gasteiger partial charge in [-0.2, -0.15) is 0 Å². The highest BCUT2D eigenvalue weighted by Gasteiger charge is 2.25. The van der Waals surface area contributed by atoms with Gasteiger partial charge in [0.05, 0.1) is 0 Å². The first-order valence-electron chi connectivity index (χ1n) is 9.13. The Hall–Kier alpha value is -2.90. The Balaban J connectivity index is 1.65. The van der Waals surface area contributed by atoms with Crippen LogP contribution in [0.15, 0.2) is 24.3 Å². The standard InChI is InChI=1S/C19H24N4O4/c1-15(25)21-9-11-23(12-10-21)19(27)17-4-2-3-16(13-17)18(26)22-7-5-20(14-24)6-8-22/h2-4,13-14H,5-12H2,1H3. The third-order valence-electron chi connectivity index (χ3n) is 5.12. The zero-order valence-electron chi connectivity index (χ0n) is 15.5. The zero-order chi connectivity index (χ0) is 19.4. The van der Waals surface area contributed by atoms with Gasteiger partial charge in [-0.3, -0.25) is 19.2 Å². The molecule has 0 unspecified atom stereocenters. The molecule has 0 N–H and O–H groups in total. The van der Waals surface area contributed by atoms with Gasteiger partial charge in [0, 0.05) is 70.4 Å². The lowest BCUT2D eigenvalue weighted by atomic mass is 10.1. The Morgan fingerprint density at radius 3 is 1.67 bits per heavy atom. The molecule has 27 heavy (non-hydrogen) atoms. The van der Waals surface area contributed by atoms with Crippen LogP contribution in [0.1, 0.15) is 27.6 Å². The fraction of sp³-hybridized carbons (Fsp3) is 0.474. The van der Waals surface area contributed by atoms with Gasteiger partial charge in [-0.1, -0.05) is 6.07 Å². The summed E-state index contributed by atoms with van der Waals surface area (Å²) in [6, 6.07) is 6.77. The molecule has 2 aliphatic heterocycles. The number of nitrogens with zero attached hydrogens (tertiary/aromatic N) is 4. The molecule has 2 heterocycles. The van der Waals surface area contributed by atoms with Crippen LogP contribution in [-0.4, -0.2) is 96.1 Å². The smallest absolute Gasteiger partial charge is 0.253 e. The minimum Gasteiger partial charge on any atom is -0.342 e. The van der Waals surface area contributed by atoms with E-state index in [2.05, 4.69) is 0 Å². The van der Waals surface area contributed by atoms with E-state index in [1.165, 1.54) is 6.92 Å². The van der Waals surface area contributed by atoms with Crippen molar-refractivity contribution in [2.45, 2.75) is 6.92 Å². The van der Waals surface area contributed by atoms with E-state index in [1.807, 2.05) is 0 Å². The van der Waals surface area contributed by atoms with Crippen molar-refractivity contribution in [1.29, 1.82) is 0 Å². The van der Waals surface area contributed by atoms with Crippen LogP contribution < -0.4 is 0 Å². The van der Waals surface area contributed by atoms with Gasteiger partial charge in [0.1, 0.15) is 0 Å². The van der Waals surface area contributed by atoms with Crippen LogP contribution >= 0.6 is 0 Å². The summed E-state index contributed by atoms with van der Waals surface area (Å²) in [5.41, 5.74) is 0.950. The van der Waals surface area contributed by atoms with E-state index in [4.69, 9.17) is 0 Å². The number of hydrogen-bond acceptors (Lipinski definition) is 4. The monoisotopic (exact) mass is 372 g/mol. The molecule has 2 aliphatic rings. The quantitative estimate of drug-likeness (QED) is 0.694. The summed E-state index contributed by atoms with van der Waals surface area (Å²) < 4.78 is 0. The molecule has 8 heteroatoms. The summed E-state index contributed by atoms with van der Waals surface area (Å²) >= 11 is 0. The molecule has 0 saturated carbocycles. The van der Waals surface area contributed by atoms with E-state index >= 15 is 0 Å².